The third-order valence-electron chi connectivity index (χ3n) is 4.24. The van der Waals surface area contributed by atoms with Crippen LogP contribution in [0.3, 0.4) is 0 Å². The van der Waals surface area contributed by atoms with Crippen molar-refractivity contribution in [3.05, 3.63) is 70.1 Å². The number of fused-ring (bicyclic) bond motifs is 1. The van der Waals surface area contributed by atoms with E-state index in [2.05, 4.69) is 5.32 Å². The molecule has 1 aliphatic heterocycles. The Morgan fingerprint density at radius 2 is 1.89 bits per heavy atom. The van der Waals surface area contributed by atoms with Crippen LogP contribution in [0.2, 0.25) is 5.02 Å². The molecule has 0 saturated heterocycles. The lowest BCUT2D eigenvalue weighted by molar-refractivity contribution is 0.0958. The molecule has 6 heteroatoms. The van der Waals surface area contributed by atoms with Gasteiger partial charge in [0.15, 0.2) is 11.5 Å². The largest absolute Gasteiger partial charge is 0.486 e. The van der Waals surface area contributed by atoms with Gasteiger partial charge in [-0.1, -0.05) is 23.7 Å². The molecule has 27 heavy (non-hydrogen) atoms. The molecule has 4 nitrogen and oxygen atoms in total. The number of nitrogens with one attached hydrogen (secondary N) is 1. The summed E-state index contributed by atoms with van der Waals surface area (Å²) >= 11 is 7.45. The van der Waals surface area contributed by atoms with E-state index in [9.17, 15) is 4.79 Å². The smallest absolute Gasteiger partial charge is 0.261 e. The van der Waals surface area contributed by atoms with Crippen LogP contribution in [0.4, 0.5) is 0 Å². The number of rotatable bonds is 5. The van der Waals surface area contributed by atoms with E-state index in [0.717, 1.165) is 33.9 Å². The molecule has 0 aliphatic carbocycles. The minimum Gasteiger partial charge on any atom is -0.486 e. The summed E-state index contributed by atoms with van der Waals surface area (Å²) in [7, 11) is 0. The van der Waals surface area contributed by atoms with Crippen molar-refractivity contribution in [3.63, 3.8) is 0 Å². The summed E-state index contributed by atoms with van der Waals surface area (Å²) in [5, 5.41) is 3.67. The van der Waals surface area contributed by atoms with Crippen LogP contribution in [0.25, 0.3) is 10.4 Å². The van der Waals surface area contributed by atoms with Crippen LogP contribution in [0, 0.1) is 0 Å². The first-order valence-corrected chi connectivity index (χ1v) is 9.91. The first-order chi connectivity index (χ1) is 13.2. The van der Waals surface area contributed by atoms with E-state index in [1.807, 2.05) is 54.6 Å². The number of halogens is 1. The summed E-state index contributed by atoms with van der Waals surface area (Å²) in [6.45, 7) is 1.70. The third kappa shape index (κ3) is 4.26. The van der Waals surface area contributed by atoms with Gasteiger partial charge in [-0.2, -0.15) is 0 Å². The van der Waals surface area contributed by atoms with Gasteiger partial charge in [-0.05, 0) is 60.0 Å². The minimum absolute atomic E-state index is 0.0641. The highest BCUT2D eigenvalue weighted by Gasteiger charge is 2.15. The van der Waals surface area contributed by atoms with Crippen molar-refractivity contribution >= 4 is 28.8 Å². The van der Waals surface area contributed by atoms with Gasteiger partial charge in [0.05, 0.1) is 4.88 Å². The zero-order valence-electron chi connectivity index (χ0n) is 14.5. The summed E-state index contributed by atoms with van der Waals surface area (Å²) in [4.78, 5) is 14.1. The van der Waals surface area contributed by atoms with Crippen molar-refractivity contribution in [1.82, 2.24) is 5.32 Å². The second kappa shape index (κ2) is 8.03. The summed E-state index contributed by atoms with van der Waals surface area (Å²) in [5.41, 5.74) is 2.12. The zero-order valence-corrected chi connectivity index (χ0v) is 16.1. The number of carbonyl (C=O) groups excluding carboxylic acids is 1. The molecular formula is C21H18ClNO3S. The molecule has 138 valence electrons. The molecule has 3 aromatic rings. The lowest BCUT2D eigenvalue weighted by Crippen LogP contribution is -2.24. The Hall–Kier alpha value is -2.50. The summed E-state index contributed by atoms with van der Waals surface area (Å²) < 4.78 is 11.2. The van der Waals surface area contributed by atoms with Gasteiger partial charge in [0.2, 0.25) is 0 Å². The number of thiophene rings is 1. The average Bonchev–Trinajstić information content (AvgIpc) is 3.18. The van der Waals surface area contributed by atoms with Crippen LogP contribution < -0.4 is 14.8 Å². The van der Waals surface area contributed by atoms with Gasteiger partial charge in [-0.25, -0.2) is 0 Å². The molecule has 0 fully saturated rings. The number of benzene rings is 2. The van der Waals surface area contributed by atoms with Gasteiger partial charge < -0.3 is 14.8 Å². The topological polar surface area (TPSA) is 47.6 Å². The first kappa shape index (κ1) is 17.9. The molecule has 0 unspecified atom stereocenters. The van der Waals surface area contributed by atoms with E-state index in [4.69, 9.17) is 21.1 Å². The molecule has 0 atom stereocenters. The van der Waals surface area contributed by atoms with Crippen molar-refractivity contribution in [2.75, 3.05) is 19.8 Å². The lowest BCUT2D eigenvalue weighted by atomic mass is 10.1. The number of hydrogen-bond donors (Lipinski definition) is 1. The molecule has 2 aromatic carbocycles. The van der Waals surface area contributed by atoms with E-state index in [0.29, 0.717) is 29.7 Å². The highest BCUT2D eigenvalue weighted by atomic mass is 35.5. The summed E-state index contributed by atoms with van der Waals surface area (Å²) in [5.74, 6) is 1.45. The molecule has 0 saturated carbocycles. The maximum atomic E-state index is 12.4. The quantitative estimate of drug-likeness (QED) is 0.669. The monoisotopic (exact) mass is 399 g/mol. The Kier molecular flexibility index (Phi) is 5.32. The number of carbonyl (C=O) groups is 1. The summed E-state index contributed by atoms with van der Waals surface area (Å²) in [6, 6.07) is 17.3. The molecule has 1 aromatic heterocycles. The standard InChI is InChI=1S/C21H18ClNO3S/c22-16-3-1-2-14(12-16)8-9-23-21(24)20-7-6-19(27-20)15-4-5-17-18(13-15)26-11-10-25-17/h1-7,12-13H,8-11H2,(H,23,24). The van der Waals surface area contributed by atoms with Crippen molar-refractivity contribution < 1.29 is 14.3 Å². The molecule has 4 rings (SSSR count). The van der Waals surface area contributed by atoms with E-state index in [1.54, 1.807) is 0 Å². The van der Waals surface area contributed by atoms with Crippen LogP contribution in [0.5, 0.6) is 11.5 Å². The molecule has 2 heterocycles. The van der Waals surface area contributed by atoms with Gasteiger partial charge in [0.25, 0.3) is 5.91 Å². The normalized spacial score (nSPS) is 12.6. The Labute approximate surface area is 166 Å². The Morgan fingerprint density at radius 3 is 2.74 bits per heavy atom. The van der Waals surface area contributed by atoms with Crippen LogP contribution in [-0.4, -0.2) is 25.7 Å². The Morgan fingerprint density at radius 1 is 1.04 bits per heavy atom. The minimum atomic E-state index is -0.0641. The van der Waals surface area contributed by atoms with Crippen molar-refractivity contribution in [2.45, 2.75) is 6.42 Å². The number of hydrogen-bond acceptors (Lipinski definition) is 4. The van der Waals surface area contributed by atoms with E-state index in [-0.39, 0.29) is 5.91 Å². The molecule has 1 aliphatic rings. The second-order valence-corrected chi connectivity index (χ2v) is 7.68. The van der Waals surface area contributed by atoms with Crippen LogP contribution in [-0.2, 0) is 6.42 Å². The van der Waals surface area contributed by atoms with E-state index in [1.165, 1.54) is 11.3 Å². The van der Waals surface area contributed by atoms with Gasteiger partial charge in [-0.3, -0.25) is 4.79 Å². The molecule has 0 bridgehead atoms. The number of amides is 1. The van der Waals surface area contributed by atoms with Crippen molar-refractivity contribution in [3.8, 4) is 21.9 Å². The van der Waals surface area contributed by atoms with Crippen LogP contribution in [0.1, 0.15) is 15.2 Å². The fourth-order valence-corrected chi connectivity index (χ4v) is 4.04. The van der Waals surface area contributed by atoms with Crippen molar-refractivity contribution in [1.29, 1.82) is 0 Å². The van der Waals surface area contributed by atoms with E-state index >= 15 is 0 Å². The number of ether oxygens (including phenoxy) is 2. The predicted molar refractivity (Wildman–Crippen MR) is 108 cm³/mol. The molecular weight excluding hydrogens is 382 g/mol. The highest BCUT2D eigenvalue weighted by molar-refractivity contribution is 7.17. The molecule has 0 spiro atoms. The SMILES string of the molecule is O=C(NCCc1cccc(Cl)c1)c1ccc(-c2ccc3c(c2)OCCO3)s1. The fraction of sp³-hybridized carbons (Fsp3) is 0.190. The molecule has 0 radical (unpaired) electrons. The summed E-state index contributed by atoms with van der Waals surface area (Å²) in [6.07, 6.45) is 0.743. The first-order valence-electron chi connectivity index (χ1n) is 8.71. The maximum Gasteiger partial charge on any atom is 0.261 e. The third-order valence-corrected chi connectivity index (χ3v) is 5.61. The van der Waals surface area contributed by atoms with Gasteiger partial charge in [-0.15, -0.1) is 11.3 Å². The zero-order chi connectivity index (χ0) is 18.6. The second-order valence-electron chi connectivity index (χ2n) is 6.16. The molecule has 1 amide bonds. The predicted octanol–water partition coefficient (Wildman–Crippen LogP) is 4.81. The Balaban J connectivity index is 1.39. The van der Waals surface area contributed by atoms with Gasteiger partial charge in [0, 0.05) is 16.4 Å². The highest BCUT2D eigenvalue weighted by Crippen LogP contribution is 2.36. The molecule has 1 N–H and O–H groups in total. The van der Waals surface area contributed by atoms with Gasteiger partial charge >= 0.3 is 0 Å². The fourth-order valence-electron chi connectivity index (χ4n) is 2.91. The van der Waals surface area contributed by atoms with E-state index < -0.39 is 0 Å². The maximum absolute atomic E-state index is 12.4. The van der Waals surface area contributed by atoms with Crippen LogP contribution >= 0.6 is 22.9 Å². The average molecular weight is 400 g/mol. The van der Waals surface area contributed by atoms with Crippen molar-refractivity contribution in [2.24, 2.45) is 0 Å². The Bertz CT molecular complexity index is 970. The van der Waals surface area contributed by atoms with Gasteiger partial charge in [0.1, 0.15) is 13.2 Å². The lowest BCUT2D eigenvalue weighted by Gasteiger charge is -2.18. The van der Waals surface area contributed by atoms with Crippen LogP contribution in [0.15, 0.2) is 54.6 Å².